The SMILES string of the molecule is CC(C)(c1cc2cnccc2o1)N1CCN(C[C@@H](O)C[C@@H](Cc2ccccc2)C(=O)N[C@H]2CC=CC3=C2[C@H](O)CO3)[C@H](C(=O)NC(CF)(CF)CF)C1. The maximum atomic E-state index is 14.0. The zero-order valence-electron chi connectivity index (χ0n) is 30.0. The Morgan fingerprint density at radius 2 is 1.85 bits per heavy atom. The lowest BCUT2D eigenvalue weighted by atomic mass is 9.90. The van der Waals surface area contributed by atoms with E-state index < -0.39 is 67.2 Å². The number of aliphatic hydroxyl groups excluding tert-OH is 2. The topological polar surface area (TPSA) is 140 Å². The van der Waals surface area contributed by atoms with Crippen LogP contribution >= 0.6 is 0 Å². The number of furan rings is 1. The molecule has 2 aromatic heterocycles. The second kappa shape index (κ2) is 16.4. The number of rotatable bonds is 15. The van der Waals surface area contributed by atoms with Gasteiger partial charge in [0.2, 0.25) is 11.8 Å². The van der Waals surface area contributed by atoms with Crippen molar-refractivity contribution in [1.29, 1.82) is 0 Å². The number of aliphatic hydroxyl groups is 2. The minimum atomic E-state index is -2.31. The van der Waals surface area contributed by atoms with Crippen LogP contribution in [0.1, 0.15) is 38.0 Å². The molecule has 2 amide bonds. The maximum Gasteiger partial charge on any atom is 0.239 e. The lowest BCUT2D eigenvalue weighted by Gasteiger charge is -2.47. The first-order valence-corrected chi connectivity index (χ1v) is 18.0. The van der Waals surface area contributed by atoms with Gasteiger partial charge in [0.1, 0.15) is 61.4 Å². The minimum absolute atomic E-state index is 0.0324. The quantitative estimate of drug-likeness (QED) is 0.185. The van der Waals surface area contributed by atoms with Gasteiger partial charge in [-0.2, -0.15) is 0 Å². The first-order valence-electron chi connectivity index (χ1n) is 18.0. The van der Waals surface area contributed by atoms with Gasteiger partial charge in [-0.05, 0) is 56.9 Å². The van der Waals surface area contributed by atoms with E-state index in [1.54, 1.807) is 29.4 Å². The number of amides is 2. The molecule has 14 heteroatoms. The third-order valence-corrected chi connectivity index (χ3v) is 10.7. The molecule has 286 valence electrons. The van der Waals surface area contributed by atoms with Crippen molar-refractivity contribution in [3.8, 4) is 0 Å². The van der Waals surface area contributed by atoms with Crippen LogP contribution in [0, 0.1) is 5.92 Å². The zero-order chi connectivity index (χ0) is 37.8. The molecule has 4 heterocycles. The monoisotopic (exact) mass is 739 g/mol. The van der Waals surface area contributed by atoms with Crippen molar-refractivity contribution in [1.82, 2.24) is 25.4 Å². The van der Waals surface area contributed by atoms with E-state index in [2.05, 4.69) is 15.6 Å². The smallest absolute Gasteiger partial charge is 0.239 e. The summed E-state index contributed by atoms with van der Waals surface area (Å²) in [7, 11) is 0. The molecule has 0 spiro atoms. The number of carbonyl (C=O) groups is 2. The average molecular weight is 740 g/mol. The third kappa shape index (κ3) is 8.45. The standard InChI is InChI=1S/C39H48F3N5O6/c1-38(2,34-17-27-18-43-12-11-32(27)53-34)47-14-13-46(30(20-47)37(51)45-39(22-40,23-41)24-42)19-28(48)16-26(15-25-7-4-3-5-8-25)36(50)44-29-9-6-10-33-35(29)31(49)21-52-33/h3-8,10-12,17-18,26,28-31,48-49H,9,13-16,19-24H2,1-2H3,(H,44,50)(H,45,51)/t26-,28+,29+,30+,31-/m1/s1. The summed E-state index contributed by atoms with van der Waals surface area (Å²) in [6, 6.07) is 11.6. The summed E-state index contributed by atoms with van der Waals surface area (Å²) >= 11 is 0. The summed E-state index contributed by atoms with van der Waals surface area (Å²) in [5.41, 5.74) is -0.885. The molecular formula is C39H48F3N5O6. The van der Waals surface area contributed by atoms with Crippen LogP contribution in [0.3, 0.4) is 0 Å². The molecule has 0 radical (unpaired) electrons. The Balaban J connectivity index is 1.21. The number of benzene rings is 1. The number of hydrogen-bond donors (Lipinski definition) is 4. The molecular weight excluding hydrogens is 691 g/mol. The van der Waals surface area contributed by atoms with Crippen LogP contribution in [-0.4, -0.2) is 119 Å². The molecule has 1 aliphatic carbocycles. The van der Waals surface area contributed by atoms with Gasteiger partial charge in [0.05, 0.1) is 17.7 Å². The van der Waals surface area contributed by atoms with Crippen LogP contribution in [0.5, 0.6) is 0 Å². The van der Waals surface area contributed by atoms with E-state index in [0.717, 1.165) is 10.9 Å². The van der Waals surface area contributed by atoms with Gasteiger partial charge in [-0.15, -0.1) is 0 Å². The minimum Gasteiger partial charge on any atom is -0.490 e. The molecule has 4 N–H and O–H groups in total. The van der Waals surface area contributed by atoms with Crippen LogP contribution in [0.15, 0.2) is 82.8 Å². The van der Waals surface area contributed by atoms with Gasteiger partial charge in [0.15, 0.2) is 0 Å². The van der Waals surface area contributed by atoms with Gasteiger partial charge in [0, 0.05) is 55.4 Å². The summed E-state index contributed by atoms with van der Waals surface area (Å²) in [5, 5.41) is 28.3. The largest absolute Gasteiger partial charge is 0.490 e. The first kappa shape index (κ1) is 38.5. The van der Waals surface area contributed by atoms with E-state index in [4.69, 9.17) is 9.15 Å². The lowest BCUT2D eigenvalue weighted by molar-refractivity contribution is -0.135. The summed E-state index contributed by atoms with van der Waals surface area (Å²) in [5.74, 6) is -0.588. The van der Waals surface area contributed by atoms with Crippen molar-refractivity contribution >= 4 is 22.8 Å². The van der Waals surface area contributed by atoms with Crippen LogP contribution in [0.25, 0.3) is 11.0 Å². The van der Waals surface area contributed by atoms with Crippen LogP contribution in [0.4, 0.5) is 13.2 Å². The van der Waals surface area contributed by atoms with Crippen molar-refractivity contribution in [3.63, 3.8) is 0 Å². The van der Waals surface area contributed by atoms with E-state index >= 15 is 0 Å². The fourth-order valence-corrected chi connectivity index (χ4v) is 7.46. The highest BCUT2D eigenvalue weighted by Crippen LogP contribution is 2.35. The van der Waals surface area contributed by atoms with E-state index in [-0.39, 0.29) is 38.6 Å². The predicted octanol–water partition coefficient (Wildman–Crippen LogP) is 3.51. The number of alkyl halides is 3. The molecule has 3 aliphatic rings. The molecule has 0 saturated carbocycles. The maximum absolute atomic E-state index is 14.0. The van der Waals surface area contributed by atoms with Crippen molar-refractivity contribution in [2.45, 2.75) is 68.5 Å². The highest BCUT2D eigenvalue weighted by molar-refractivity contribution is 5.83. The van der Waals surface area contributed by atoms with Crippen molar-refractivity contribution in [2.75, 3.05) is 52.8 Å². The highest BCUT2D eigenvalue weighted by atomic mass is 19.1. The molecule has 6 rings (SSSR count). The molecule has 1 aromatic carbocycles. The number of allylic oxidation sites excluding steroid dienone is 1. The van der Waals surface area contributed by atoms with E-state index in [0.29, 0.717) is 42.1 Å². The molecule has 11 nitrogen and oxygen atoms in total. The first-order chi connectivity index (χ1) is 25.5. The number of pyridine rings is 1. The second-order valence-electron chi connectivity index (χ2n) is 14.8. The Kier molecular flexibility index (Phi) is 11.9. The fourth-order valence-electron chi connectivity index (χ4n) is 7.46. The van der Waals surface area contributed by atoms with Gasteiger partial charge < -0.3 is 30.0 Å². The number of carbonyl (C=O) groups excluding carboxylic acids is 2. The van der Waals surface area contributed by atoms with Crippen molar-refractivity contribution in [2.24, 2.45) is 5.92 Å². The number of hydrogen-bond acceptors (Lipinski definition) is 9. The number of nitrogens with one attached hydrogen (secondary N) is 2. The molecule has 0 unspecified atom stereocenters. The number of halogens is 3. The Labute approximate surface area is 306 Å². The van der Waals surface area contributed by atoms with Gasteiger partial charge in [-0.3, -0.25) is 24.4 Å². The van der Waals surface area contributed by atoms with Crippen LogP contribution < -0.4 is 10.6 Å². The van der Waals surface area contributed by atoms with E-state index in [9.17, 15) is 33.0 Å². The average Bonchev–Trinajstić information content (AvgIpc) is 3.79. The highest BCUT2D eigenvalue weighted by Gasteiger charge is 2.44. The van der Waals surface area contributed by atoms with E-state index in [1.165, 1.54) is 0 Å². The lowest BCUT2D eigenvalue weighted by Crippen LogP contribution is -2.66. The van der Waals surface area contributed by atoms with Gasteiger partial charge in [-0.25, -0.2) is 13.2 Å². The molecule has 5 atom stereocenters. The summed E-state index contributed by atoms with van der Waals surface area (Å²) < 4.78 is 53.6. The zero-order valence-corrected chi connectivity index (χ0v) is 30.0. The van der Waals surface area contributed by atoms with Crippen LogP contribution in [-0.2, 0) is 26.3 Å². The summed E-state index contributed by atoms with van der Waals surface area (Å²) in [6.07, 6.45) is 5.89. The normalized spacial score (nSPS) is 22.4. The molecule has 53 heavy (non-hydrogen) atoms. The number of nitrogens with zero attached hydrogens (tertiary/aromatic N) is 3. The Bertz CT molecular complexity index is 1760. The van der Waals surface area contributed by atoms with Gasteiger partial charge in [-0.1, -0.05) is 36.4 Å². The number of β-amino-alcohol motifs (C(OH)–C–C–N with tert-alkyl or cyclic N) is 1. The number of aromatic nitrogens is 1. The Morgan fingerprint density at radius 3 is 2.57 bits per heavy atom. The van der Waals surface area contributed by atoms with Crippen molar-refractivity contribution < 1.29 is 42.1 Å². The molecule has 3 aromatic rings. The molecule has 1 saturated heterocycles. The number of ether oxygens (including phenoxy) is 1. The predicted molar refractivity (Wildman–Crippen MR) is 192 cm³/mol. The van der Waals surface area contributed by atoms with E-state index in [1.807, 2.05) is 61.2 Å². The number of fused-ring (bicyclic) bond motifs is 1. The Hall–Kier alpha value is -4.24. The third-order valence-electron chi connectivity index (χ3n) is 10.7. The molecule has 2 aliphatic heterocycles. The molecule has 1 fully saturated rings. The van der Waals surface area contributed by atoms with Crippen LogP contribution in [0.2, 0.25) is 0 Å². The Morgan fingerprint density at radius 1 is 1.09 bits per heavy atom. The second-order valence-corrected chi connectivity index (χ2v) is 14.8. The molecule has 0 bridgehead atoms. The van der Waals surface area contributed by atoms with Gasteiger partial charge in [0.25, 0.3) is 0 Å². The fraction of sp³-hybridized carbons (Fsp3) is 0.513. The van der Waals surface area contributed by atoms with Gasteiger partial charge >= 0.3 is 0 Å². The summed E-state index contributed by atoms with van der Waals surface area (Å²) in [6.45, 7) is 0.445. The number of piperazine rings is 1. The summed E-state index contributed by atoms with van der Waals surface area (Å²) in [4.78, 5) is 35.7. The van der Waals surface area contributed by atoms with Crippen molar-refractivity contribution in [3.05, 3.63) is 89.7 Å².